The number of hydrogen-bond acceptors (Lipinski definition) is 3. The minimum absolute atomic E-state index is 0.0110. The maximum Gasteiger partial charge on any atom is 0.238 e. The molecule has 1 aliphatic rings. The summed E-state index contributed by atoms with van der Waals surface area (Å²) >= 11 is 0. The number of nitrogens with one attached hydrogen (secondary N) is 1. The smallest absolute Gasteiger partial charge is 0.238 e. The van der Waals surface area contributed by atoms with Crippen molar-refractivity contribution in [3.63, 3.8) is 0 Å². The third kappa shape index (κ3) is 5.34. The Balaban J connectivity index is 1.49. The van der Waals surface area contributed by atoms with Crippen molar-refractivity contribution >= 4 is 11.6 Å². The van der Waals surface area contributed by atoms with E-state index in [1.165, 1.54) is 11.6 Å². The van der Waals surface area contributed by atoms with E-state index in [4.69, 9.17) is 0 Å². The normalized spacial score (nSPS) is 16.2. The lowest BCUT2D eigenvalue weighted by Gasteiger charge is -2.21. The van der Waals surface area contributed by atoms with E-state index >= 15 is 0 Å². The quantitative estimate of drug-likeness (QED) is 0.891. The number of halogens is 2. The van der Waals surface area contributed by atoms with Crippen LogP contribution in [0.15, 0.2) is 48.5 Å². The molecule has 1 fully saturated rings. The molecule has 0 radical (unpaired) electrons. The first-order chi connectivity index (χ1) is 12.6. The van der Waals surface area contributed by atoms with Crippen LogP contribution < -0.4 is 5.32 Å². The molecule has 1 N–H and O–H groups in total. The third-order valence-electron chi connectivity index (χ3n) is 4.50. The standard InChI is InChI=1S/C20H23F2N3O/c21-17-7-8-19(18(22)13-17)23-20(26)15-25-10-4-9-24(11-12-25)14-16-5-2-1-3-6-16/h1-3,5-8,13H,4,9-12,14-15H2,(H,23,26). The Morgan fingerprint density at radius 3 is 2.46 bits per heavy atom. The van der Waals surface area contributed by atoms with Crippen molar-refractivity contribution in [2.75, 3.05) is 38.0 Å². The molecule has 6 heteroatoms. The Kier molecular flexibility index (Phi) is 6.30. The number of anilines is 1. The van der Waals surface area contributed by atoms with Gasteiger partial charge in [0.05, 0.1) is 12.2 Å². The lowest BCUT2D eigenvalue weighted by molar-refractivity contribution is -0.117. The van der Waals surface area contributed by atoms with Crippen LogP contribution in [0.3, 0.4) is 0 Å². The molecule has 2 aromatic carbocycles. The second-order valence-corrected chi connectivity index (χ2v) is 6.56. The second-order valence-electron chi connectivity index (χ2n) is 6.56. The molecule has 2 aromatic rings. The summed E-state index contributed by atoms with van der Waals surface area (Å²) in [6.07, 6.45) is 0.977. The highest BCUT2D eigenvalue weighted by Crippen LogP contribution is 2.15. The summed E-state index contributed by atoms with van der Waals surface area (Å²) in [6, 6.07) is 13.5. The molecule has 0 saturated carbocycles. The topological polar surface area (TPSA) is 35.6 Å². The van der Waals surface area contributed by atoms with E-state index in [2.05, 4.69) is 27.2 Å². The van der Waals surface area contributed by atoms with Gasteiger partial charge in [0, 0.05) is 25.7 Å². The van der Waals surface area contributed by atoms with E-state index in [9.17, 15) is 13.6 Å². The highest BCUT2D eigenvalue weighted by molar-refractivity contribution is 5.92. The van der Waals surface area contributed by atoms with Crippen LogP contribution in [0.4, 0.5) is 14.5 Å². The lowest BCUT2D eigenvalue weighted by Crippen LogP contribution is -2.36. The van der Waals surface area contributed by atoms with Crippen LogP contribution in [0.1, 0.15) is 12.0 Å². The lowest BCUT2D eigenvalue weighted by atomic mass is 10.2. The van der Waals surface area contributed by atoms with Gasteiger partial charge in [-0.25, -0.2) is 8.78 Å². The fraction of sp³-hybridized carbons (Fsp3) is 0.350. The van der Waals surface area contributed by atoms with Crippen molar-refractivity contribution in [2.24, 2.45) is 0 Å². The van der Waals surface area contributed by atoms with Gasteiger partial charge in [-0.15, -0.1) is 0 Å². The van der Waals surface area contributed by atoms with E-state index < -0.39 is 11.6 Å². The number of carbonyl (C=O) groups is 1. The molecule has 0 aliphatic carbocycles. The maximum atomic E-state index is 13.6. The van der Waals surface area contributed by atoms with Crippen LogP contribution in [-0.2, 0) is 11.3 Å². The van der Waals surface area contributed by atoms with E-state index in [-0.39, 0.29) is 18.1 Å². The molecular weight excluding hydrogens is 336 g/mol. The largest absolute Gasteiger partial charge is 0.322 e. The van der Waals surface area contributed by atoms with Gasteiger partial charge in [-0.3, -0.25) is 14.6 Å². The molecule has 1 aliphatic heterocycles. The average molecular weight is 359 g/mol. The molecule has 26 heavy (non-hydrogen) atoms. The predicted octanol–water partition coefficient (Wildman–Crippen LogP) is 3.11. The number of carbonyl (C=O) groups excluding carboxylic acids is 1. The van der Waals surface area contributed by atoms with Crippen molar-refractivity contribution in [3.8, 4) is 0 Å². The Labute approximate surface area is 152 Å². The Morgan fingerprint density at radius 1 is 0.962 bits per heavy atom. The van der Waals surface area contributed by atoms with Gasteiger partial charge in [-0.1, -0.05) is 30.3 Å². The minimum Gasteiger partial charge on any atom is -0.322 e. The number of amides is 1. The molecule has 0 aromatic heterocycles. The first kappa shape index (κ1) is 18.5. The summed E-state index contributed by atoms with van der Waals surface area (Å²) < 4.78 is 26.6. The summed E-state index contributed by atoms with van der Waals surface area (Å²) in [4.78, 5) is 16.6. The van der Waals surface area contributed by atoms with Gasteiger partial charge in [0.1, 0.15) is 11.6 Å². The van der Waals surface area contributed by atoms with E-state index in [1.807, 2.05) is 18.2 Å². The maximum absolute atomic E-state index is 13.6. The summed E-state index contributed by atoms with van der Waals surface area (Å²) in [5.74, 6) is -1.71. The van der Waals surface area contributed by atoms with Crippen LogP contribution >= 0.6 is 0 Å². The van der Waals surface area contributed by atoms with Crippen molar-refractivity contribution in [2.45, 2.75) is 13.0 Å². The van der Waals surface area contributed by atoms with Gasteiger partial charge in [0.15, 0.2) is 0 Å². The second kappa shape index (κ2) is 8.87. The zero-order valence-electron chi connectivity index (χ0n) is 14.6. The highest BCUT2D eigenvalue weighted by Gasteiger charge is 2.18. The molecule has 1 saturated heterocycles. The Morgan fingerprint density at radius 2 is 1.69 bits per heavy atom. The summed E-state index contributed by atoms with van der Waals surface area (Å²) in [7, 11) is 0. The fourth-order valence-electron chi connectivity index (χ4n) is 3.17. The molecule has 4 nitrogen and oxygen atoms in total. The molecule has 0 atom stereocenters. The average Bonchev–Trinajstić information content (AvgIpc) is 2.84. The zero-order chi connectivity index (χ0) is 18.4. The molecule has 3 rings (SSSR count). The first-order valence-electron chi connectivity index (χ1n) is 8.84. The Bertz CT molecular complexity index is 739. The number of hydrogen-bond donors (Lipinski definition) is 1. The molecule has 0 spiro atoms. The van der Waals surface area contributed by atoms with Crippen LogP contribution in [-0.4, -0.2) is 48.4 Å². The van der Waals surface area contributed by atoms with Crippen LogP contribution in [0.5, 0.6) is 0 Å². The summed E-state index contributed by atoms with van der Waals surface area (Å²) in [5, 5.41) is 2.52. The van der Waals surface area contributed by atoms with E-state index in [0.717, 1.165) is 51.3 Å². The zero-order valence-corrected chi connectivity index (χ0v) is 14.6. The van der Waals surface area contributed by atoms with Crippen molar-refractivity contribution in [1.29, 1.82) is 0 Å². The van der Waals surface area contributed by atoms with Crippen molar-refractivity contribution < 1.29 is 13.6 Å². The molecule has 1 amide bonds. The molecule has 1 heterocycles. The summed E-state index contributed by atoms with van der Waals surface area (Å²) in [6.45, 7) is 4.58. The Hall–Kier alpha value is -2.31. The van der Waals surface area contributed by atoms with Gasteiger partial charge in [0.25, 0.3) is 0 Å². The van der Waals surface area contributed by atoms with Crippen LogP contribution in [0, 0.1) is 11.6 Å². The van der Waals surface area contributed by atoms with Crippen LogP contribution in [0.25, 0.3) is 0 Å². The number of rotatable bonds is 5. The summed E-state index contributed by atoms with van der Waals surface area (Å²) in [5.41, 5.74) is 1.29. The first-order valence-corrected chi connectivity index (χ1v) is 8.84. The minimum atomic E-state index is -0.761. The van der Waals surface area contributed by atoms with Gasteiger partial charge < -0.3 is 5.32 Å². The van der Waals surface area contributed by atoms with Crippen molar-refractivity contribution in [1.82, 2.24) is 9.80 Å². The van der Waals surface area contributed by atoms with Crippen LogP contribution in [0.2, 0.25) is 0 Å². The highest BCUT2D eigenvalue weighted by atomic mass is 19.1. The van der Waals surface area contributed by atoms with E-state index in [1.54, 1.807) is 0 Å². The fourth-order valence-corrected chi connectivity index (χ4v) is 3.17. The number of benzene rings is 2. The molecule has 138 valence electrons. The monoisotopic (exact) mass is 359 g/mol. The predicted molar refractivity (Wildman–Crippen MR) is 97.8 cm³/mol. The van der Waals surface area contributed by atoms with Gasteiger partial charge >= 0.3 is 0 Å². The van der Waals surface area contributed by atoms with Gasteiger partial charge in [-0.05, 0) is 37.2 Å². The van der Waals surface area contributed by atoms with Crippen molar-refractivity contribution in [3.05, 3.63) is 65.7 Å². The molecule has 0 bridgehead atoms. The SMILES string of the molecule is O=C(CN1CCCN(Cc2ccccc2)CC1)Nc1ccc(F)cc1F. The van der Waals surface area contributed by atoms with Gasteiger partial charge in [-0.2, -0.15) is 0 Å². The third-order valence-corrected chi connectivity index (χ3v) is 4.50. The van der Waals surface area contributed by atoms with Gasteiger partial charge in [0.2, 0.25) is 5.91 Å². The number of nitrogens with zero attached hydrogens (tertiary/aromatic N) is 2. The molecule has 0 unspecified atom stereocenters. The molecular formula is C20H23F2N3O. The van der Waals surface area contributed by atoms with E-state index in [0.29, 0.717) is 0 Å².